The summed E-state index contributed by atoms with van der Waals surface area (Å²) in [5.74, 6) is 1.69. The van der Waals surface area contributed by atoms with Crippen molar-refractivity contribution in [1.29, 1.82) is 0 Å². The van der Waals surface area contributed by atoms with Crippen LogP contribution in [0.15, 0.2) is 6.20 Å². The first kappa shape index (κ1) is 20.0. The number of carbonyl (C=O) groups excluding carboxylic acids is 1. The van der Waals surface area contributed by atoms with Crippen LogP contribution < -0.4 is 10.2 Å². The standard InChI is InChI=1S/C20H32N4O3/c1-5-6-16-11-21-14(2)22-18(16)24-9-7-20(8-10-24)13-19(4,26)17(12-27-20)23-15(3)25/h11,17,26H,5-10,12-13H2,1-4H3,(H,23,25)/t17-,19-/m0/s1. The molecule has 1 amide bonds. The normalized spacial score (nSPS) is 27.6. The summed E-state index contributed by atoms with van der Waals surface area (Å²) in [6, 6.07) is -0.362. The molecule has 0 unspecified atom stereocenters. The zero-order valence-electron chi connectivity index (χ0n) is 16.9. The van der Waals surface area contributed by atoms with E-state index in [9.17, 15) is 9.90 Å². The van der Waals surface area contributed by atoms with Crippen molar-refractivity contribution >= 4 is 11.7 Å². The topological polar surface area (TPSA) is 87.6 Å². The van der Waals surface area contributed by atoms with Crippen LogP contribution in [0.1, 0.15) is 57.8 Å². The summed E-state index contributed by atoms with van der Waals surface area (Å²) in [5, 5.41) is 13.7. The van der Waals surface area contributed by atoms with Crippen molar-refractivity contribution in [2.75, 3.05) is 24.6 Å². The van der Waals surface area contributed by atoms with Crippen LogP contribution in [-0.2, 0) is 16.0 Å². The maximum atomic E-state index is 11.4. The first-order valence-corrected chi connectivity index (χ1v) is 9.95. The van der Waals surface area contributed by atoms with Gasteiger partial charge in [0.2, 0.25) is 5.91 Å². The summed E-state index contributed by atoms with van der Waals surface area (Å²) in [7, 11) is 0. The van der Waals surface area contributed by atoms with Crippen LogP contribution in [0.3, 0.4) is 0 Å². The molecule has 0 bridgehead atoms. The molecule has 0 saturated carbocycles. The lowest BCUT2D eigenvalue weighted by atomic mass is 9.75. The van der Waals surface area contributed by atoms with Gasteiger partial charge in [-0.3, -0.25) is 4.79 Å². The van der Waals surface area contributed by atoms with E-state index in [4.69, 9.17) is 9.72 Å². The van der Waals surface area contributed by atoms with Crippen LogP contribution in [0.5, 0.6) is 0 Å². The van der Waals surface area contributed by atoms with Crippen molar-refractivity contribution in [3.8, 4) is 0 Å². The second kappa shape index (κ2) is 7.72. The highest BCUT2D eigenvalue weighted by Crippen LogP contribution is 2.40. The number of piperidine rings is 1. The smallest absolute Gasteiger partial charge is 0.217 e. The summed E-state index contributed by atoms with van der Waals surface area (Å²) >= 11 is 0. The number of aliphatic hydroxyl groups is 1. The fourth-order valence-electron chi connectivity index (χ4n) is 4.36. The first-order valence-electron chi connectivity index (χ1n) is 9.95. The Kier molecular flexibility index (Phi) is 5.72. The van der Waals surface area contributed by atoms with Gasteiger partial charge < -0.3 is 20.1 Å². The SMILES string of the molecule is CCCc1cnc(C)nc1N1CCC2(CC1)C[C@](C)(O)[C@@H](NC(C)=O)CO2. The van der Waals surface area contributed by atoms with Crippen molar-refractivity contribution in [2.45, 2.75) is 77.0 Å². The molecule has 0 aliphatic carbocycles. The number of ether oxygens (including phenoxy) is 1. The van der Waals surface area contributed by atoms with Gasteiger partial charge in [-0.15, -0.1) is 0 Å². The number of hydrogen-bond acceptors (Lipinski definition) is 6. The molecule has 3 heterocycles. The van der Waals surface area contributed by atoms with Crippen molar-refractivity contribution in [2.24, 2.45) is 0 Å². The predicted octanol–water partition coefficient (Wildman–Crippen LogP) is 1.75. The van der Waals surface area contributed by atoms with Crippen LogP contribution >= 0.6 is 0 Å². The maximum absolute atomic E-state index is 11.4. The Balaban J connectivity index is 1.69. The van der Waals surface area contributed by atoms with Gasteiger partial charge in [-0.2, -0.15) is 0 Å². The third-order valence-corrected chi connectivity index (χ3v) is 5.82. The van der Waals surface area contributed by atoms with E-state index in [1.807, 2.05) is 13.1 Å². The first-order chi connectivity index (χ1) is 12.7. The molecule has 2 atom stereocenters. The summed E-state index contributed by atoms with van der Waals surface area (Å²) in [6.07, 6.45) is 6.19. The number of hydrogen-bond donors (Lipinski definition) is 2. The molecule has 1 spiro atoms. The average Bonchev–Trinajstić information content (AvgIpc) is 2.59. The Morgan fingerprint density at radius 1 is 1.44 bits per heavy atom. The van der Waals surface area contributed by atoms with Crippen molar-refractivity contribution < 1.29 is 14.6 Å². The largest absolute Gasteiger partial charge is 0.388 e. The van der Waals surface area contributed by atoms with Gasteiger partial charge >= 0.3 is 0 Å². The van der Waals surface area contributed by atoms with Gasteiger partial charge in [-0.05, 0) is 33.1 Å². The Morgan fingerprint density at radius 2 is 2.15 bits per heavy atom. The van der Waals surface area contributed by atoms with Gasteiger partial charge in [0.1, 0.15) is 11.6 Å². The number of nitrogens with one attached hydrogen (secondary N) is 1. The van der Waals surface area contributed by atoms with E-state index < -0.39 is 5.60 Å². The lowest BCUT2D eigenvalue weighted by Crippen LogP contribution is -2.63. The van der Waals surface area contributed by atoms with Gasteiger partial charge in [0.05, 0.1) is 23.9 Å². The lowest BCUT2D eigenvalue weighted by Gasteiger charge is -2.51. The van der Waals surface area contributed by atoms with E-state index in [2.05, 4.69) is 22.1 Å². The molecule has 1 aromatic rings. The van der Waals surface area contributed by atoms with E-state index >= 15 is 0 Å². The molecule has 0 radical (unpaired) electrons. The van der Waals surface area contributed by atoms with Crippen molar-refractivity contribution in [3.63, 3.8) is 0 Å². The van der Waals surface area contributed by atoms with Crippen LogP contribution in [0.2, 0.25) is 0 Å². The fraction of sp³-hybridized carbons (Fsp3) is 0.750. The van der Waals surface area contributed by atoms with Gasteiger partial charge in [0.25, 0.3) is 0 Å². The molecule has 1 aromatic heterocycles. The number of rotatable bonds is 4. The Morgan fingerprint density at radius 3 is 2.74 bits per heavy atom. The Bertz CT molecular complexity index is 684. The minimum atomic E-state index is -0.967. The zero-order valence-corrected chi connectivity index (χ0v) is 16.9. The number of aromatic nitrogens is 2. The predicted molar refractivity (Wildman–Crippen MR) is 104 cm³/mol. The van der Waals surface area contributed by atoms with Gasteiger partial charge in [0.15, 0.2) is 0 Å². The molecular formula is C20H32N4O3. The quantitative estimate of drug-likeness (QED) is 0.832. The third kappa shape index (κ3) is 4.41. The van der Waals surface area contributed by atoms with Gasteiger partial charge in [0, 0.05) is 38.2 Å². The average molecular weight is 377 g/mol. The molecule has 0 aromatic carbocycles. The Hall–Kier alpha value is -1.73. The number of nitrogens with zero attached hydrogens (tertiary/aromatic N) is 3. The molecule has 27 heavy (non-hydrogen) atoms. The monoisotopic (exact) mass is 376 g/mol. The van der Waals surface area contributed by atoms with Crippen LogP contribution in [0.4, 0.5) is 5.82 Å². The summed E-state index contributed by atoms with van der Waals surface area (Å²) in [5.41, 5.74) is -0.103. The fourth-order valence-corrected chi connectivity index (χ4v) is 4.36. The molecule has 3 rings (SSSR count). The number of anilines is 1. The number of carbonyl (C=O) groups is 1. The van der Waals surface area contributed by atoms with Gasteiger partial charge in [-0.25, -0.2) is 9.97 Å². The molecule has 2 N–H and O–H groups in total. The maximum Gasteiger partial charge on any atom is 0.217 e. The van der Waals surface area contributed by atoms with Crippen LogP contribution in [-0.4, -0.2) is 57.9 Å². The molecule has 7 nitrogen and oxygen atoms in total. The second-order valence-electron chi connectivity index (χ2n) is 8.28. The second-order valence-corrected chi connectivity index (χ2v) is 8.28. The minimum absolute atomic E-state index is 0.141. The summed E-state index contributed by atoms with van der Waals surface area (Å²) in [4.78, 5) is 22.8. The molecule has 2 aliphatic rings. The van der Waals surface area contributed by atoms with Crippen molar-refractivity contribution in [1.82, 2.24) is 15.3 Å². The molecule has 2 fully saturated rings. The molecule has 150 valence electrons. The van der Waals surface area contributed by atoms with Crippen LogP contribution in [0, 0.1) is 6.92 Å². The van der Waals surface area contributed by atoms with E-state index in [0.29, 0.717) is 13.0 Å². The number of amides is 1. The Labute approximate surface area is 161 Å². The summed E-state index contributed by atoms with van der Waals surface area (Å²) in [6.45, 7) is 9.39. The highest BCUT2D eigenvalue weighted by Gasteiger charge is 2.49. The summed E-state index contributed by atoms with van der Waals surface area (Å²) < 4.78 is 6.21. The van der Waals surface area contributed by atoms with Crippen LogP contribution in [0.25, 0.3) is 0 Å². The lowest BCUT2D eigenvalue weighted by molar-refractivity contribution is -0.180. The highest BCUT2D eigenvalue weighted by atomic mass is 16.5. The zero-order chi connectivity index (χ0) is 19.7. The molecule has 2 aliphatic heterocycles. The third-order valence-electron chi connectivity index (χ3n) is 5.82. The van der Waals surface area contributed by atoms with E-state index in [-0.39, 0.29) is 17.6 Å². The minimum Gasteiger partial charge on any atom is -0.388 e. The molecular weight excluding hydrogens is 344 g/mol. The van der Waals surface area contributed by atoms with Crippen molar-refractivity contribution in [3.05, 3.63) is 17.6 Å². The molecule has 2 saturated heterocycles. The number of aryl methyl sites for hydroxylation is 2. The van der Waals surface area contributed by atoms with Gasteiger partial charge in [-0.1, -0.05) is 13.3 Å². The van der Waals surface area contributed by atoms with E-state index in [1.165, 1.54) is 12.5 Å². The molecule has 7 heteroatoms. The van der Waals surface area contributed by atoms with E-state index in [1.54, 1.807) is 6.92 Å². The highest BCUT2D eigenvalue weighted by molar-refractivity contribution is 5.73. The van der Waals surface area contributed by atoms with E-state index in [0.717, 1.165) is 50.4 Å².